The summed E-state index contributed by atoms with van der Waals surface area (Å²) in [6, 6.07) is 4.61. The van der Waals surface area contributed by atoms with Crippen LogP contribution in [0.1, 0.15) is 21.6 Å². The van der Waals surface area contributed by atoms with Crippen LogP contribution in [0.25, 0.3) is 0 Å². The Bertz CT molecular complexity index is 1280. The summed E-state index contributed by atoms with van der Waals surface area (Å²) in [5, 5.41) is 15.8. The first-order chi connectivity index (χ1) is 16.1. The van der Waals surface area contributed by atoms with Crippen LogP contribution in [0.2, 0.25) is 0 Å². The van der Waals surface area contributed by atoms with E-state index in [4.69, 9.17) is 5.26 Å². The molecule has 1 fully saturated rings. The number of nitrogens with zero attached hydrogens (tertiary/aromatic N) is 6. The molecule has 3 aromatic rings. The second kappa shape index (κ2) is 9.14. The molecule has 0 aliphatic carbocycles. The number of rotatable bonds is 4. The number of piperazine rings is 1. The van der Waals surface area contributed by atoms with Gasteiger partial charge in [0.05, 0.1) is 29.1 Å². The van der Waals surface area contributed by atoms with Gasteiger partial charge in [0.1, 0.15) is 6.54 Å². The SMILES string of the molecule is Cn1cc(N2CCN(C(=O)Nc3ncc(Cc4ccc(C#N)cc4C(F)(F)F)s3)CC2=O)cn1. The largest absolute Gasteiger partial charge is 0.416 e. The van der Waals surface area contributed by atoms with Gasteiger partial charge in [0, 0.05) is 43.8 Å². The molecule has 0 spiro atoms. The number of amides is 3. The Morgan fingerprint density at radius 1 is 1.29 bits per heavy atom. The lowest BCUT2D eigenvalue weighted by Crippen LogP contribution is -2.53. The van der Waals surface area contributed by atoms with Gasteiger partial charge in [-0.25, -0.2) is 9.78 Å². The van der Waals surface area contributed by atoms with Crippen molar-refractivity contribution in [3.63, 3.8) is 0 Å². The maximum absolute atomic E-state index is 13.4. The molecule has 2 aromatic heterocycles. The van der Waals surface area contributed by atoms with Gasteiger partial charge in [-0.15, -0.1) is 11.3 Å². The molecule has 1 saturated heterocycles. The summed E-state index contributed by atoms with van der Waals surface area (Å²) in [6.45, 7) is 0.476. The number of halogens is 3. The van der Waals surface area contributed by atoms with Crippen LogP contribution in [0, 0.1) is 11.3 Å². The van der Waals surface area contributed by atoms with E-state index in [9.17, 15) is 22.8 Å². The van der Waals surface area contributed by atoms with Crippen molar-refractivity contribution in [2.24, 2.45) is 7.05 Å². The van der Waals surface area contributed by atoms with Gasteiger partial charge >= 0.3 is 12.2 Å². The number of carbonyl (C=O) groups is 2. The molecule has 1 aliphatic rings. The van der Waals surface area contributed by atoms with E-state index in [1.165, 1.54) is 23.2 Å². The fraction of sp³-hybridized carbons (Fsp3) is 0.286. The standard InChI is InChI=1S/C21H18F3N7O2S/c1-29-11-15(9-27-29)31-5-4-30(12-18(31)32)20(33)28-19-26-10-16(34-19)7-14-3-2-13(8-25)6-17(14)21(22,23)24/h2-3,6,9-11H,4-5,7,12H2,1H3,(H,26,28,33). The lowest BCUT2D eigenvalue weighted by Gasteiger charge is -2.33. The first-order valence-electron chi connectivity index (χ1n) is 10.0. The van der Waals surface area contributed by atoms with E-state index < -0.39 is 17.8 Å². The summed E-state index contributed by atoms with van der Waals surface area (Å²) in [5.74, 6) is -0.255. The number of carbonyl (C=O) groups excluding carboxylic acids is 2. The average molecular weight is 489 g/mol. The number of anilines is 2. The molecule has 0 radical (unpaired) electrons. The molecule has 1 aliphatic heterocycles. The third kappa shape index (κ3) is 5.01. The molecule has 9 nitrogen and oxygen atoms in total. The summed E-state index contributed by atoms with van der Waals surface area (Å²) >= 11 is 1.04. The number of aromatic nitrogens is 3. The normalized spacial score (nSPS) is 14.3. The molecule has 0 saturated carbocycles. The van der Waals surface area contributed by atoms with Crippen molar-refractivity contribution in [1.82, 2.24) is 19.7 Å². The van der Waals surface area contributed by atoms with Gasteiger partial charge in [-0.3, -0.25) is 14.8 Å². The van der Waals surface area contributed by atoms with E-state index in [0.29, 0.717) is 23.7 Å². The fourth-order valence-electron chi connectivity index (χ4n) is 3.54. The minimum Gasteiger partial charge on any atom is -0.313 e. The predicted molar refractivity (Wildman–Crippen MR) is 117 cm³/mol. The van der Waals surface area contributed by atoms with Crippen LogP contribution in [-0.4, -0.2) is 51.2 Å². The van der Waals surface area contributed by atoms with Gasteiger partial charge in [-0.2, -0.15) is 23.5 Å². The Labute approximate surface area is 196 Å². The smallest absolute Gasteiger partial charge is 0.313 e. The third-order valence-electron chi connectivity index (χ3n) is 5.19. The number of thiazole rings is 1. The summed E-state index contributed by atoms with van der Waals surface area (Å²) in [6.07, 6.45) is 0.0144. The molecule has 1 N–H and O–H groups in total. The highest BCUT2D eigenvalue weighted by Crippen LogP contribution is 2.34. The summed E-state index contributed by atoms with van der Waals surface area (Å²) in [4.78, 5) is 32.6. The number of nitrogens with one attached hydrogen (secondary N) is 1. The van der Waals surface area contributed by atoms with Crippen molar-refractivity contribution in [3.05, 3.63) is 58.4 Å². The van der Waals surface area contributed by atoms with Crippen LogP contribution in [0.15, 0.2) is 36.8 Å². The Balaban J connectivity index is 1.40. The van der Waals surface area contributed by atoms with E-state index in [2.05, 4.69) is 15.4 Å². The topological polar surface area (TPSA) is 107 Å². The van der Waals surface area contributed by atoms with E-state index in [0.717, 1.165) is 17.4 Å². The van der Waals surface area contributed by atoms with Gasteiger partial charge in [0.25, 0.3) is 0 Å². The van der Waals surface area contributed by atoms with Crippen molar-refractivity contribution in [3.8, 4) is 6.07 Å². The lowest BCUT2D eigenvalue weighted by molar-refractivity contribution is -0.138. The molecule has 0 atom stereocenters. The van der Waals surface area contributed by atoms with Crippen molar-refractivity contribution >= 4 is 34.1 Å². The van der Waals surface area contributed by atoms with Crippen LogP contribution in [0.5, 0.6) is 0 Å². The zero-order chi connectivity index (χ0) is 24.5. The van der Waals surface area contributed by atoms with Gasteiger partial charge in [-0.1, -0.05) is 6.07 Å². The summed E-state index contributed by atoms with van der Waals surface area (Å²) < 4.78 is 41.8. The Kier molecular flexibility index (Phi) is 6.25. The first-order valence-corrected chi connectivity index (χ1v) is 10.9. The fourth-order valence-corrected chi connectivity index (χ4v) is 4.36. The van der Waals surface area contributed by atoms with E-state index in [-0.39, 0.29) is 35.1 Å². The number of urea groups is 1. The highest BCUT2D eigenvalue weighted by molar-refractivity contribution is 7.15. The van der Waals surface area contributed by atoms with Crippen molar-refractivity contribution in [1.29, 1.82) is 5.26 Å². The third-order valence-corrected chi connectivity index (χ3v) is 6.10. The number of alkyl halides is 3. The van der Waals surface area contributed by atoms with Crippen molar-refractivity contribution < 1.29 is 22.8 Å². The zero-order valence-electron chi connectivity index (χ0n) is 17.8. The predicted octanol–water partition coefficient (Wildman–Crippen LogP) is 3.24. The molecule has 13 heteroatoms. The monoisotopic (exact) mass is 489 g/mol. The molecule has 3 amide bonds. The van der Waals surface area contributed by atoms with Crippen LogP contribution in [0.4, 0.5) is 28.8 Å². The van der Waals surface area contributed by atoms with Crippen LogP contribution >= 0.6 is 11.3 Å². The van der Waals surface area contributed by atoms with E-state index in [1.807, 2.05) is 0 Å². The second-order valence-corrected chi connectivity index (χ2v) is 8.67. The number of aryl methyl sites for hydroxylation is 1. The summed E-state index contributed by atoms with van der Waals surface area (Å²) in [5.41, 5.74) is -0.301. The van der Waals surface area contributed by atoms with Crippen molar-refractivity contribution in [2.45, 2.75) is 12.6 Å². The average Bonchev–Trinajstić information content (AvgIpc) is 3.41. The van der Waals surface area contributed by atoms with E-state index >= 15 is 0 Å². The molecule has 0 bridgehead atoms. The maximum atomic E-state index is 13.4. The Morgan fingerprint density at radius 2 is 2.09 bits per heavy atom. The van der Waals surface area contributed by atoms with Gasteiger partial charge in [0.2, 0.25) is 5.91 Å². The quantitative estimate of drug-likeness (QED) is 0.606. The second-order valence-electron chi connectivity index (χ2n) is 7.56. The number of hydrogen-bond acceptors (Lipinski definition) is 6. The van der Waals surface area contributed by atoms with Crippen molar-refractivity contribution in [2.75, 3.05) is 29.9 Å². The van der Waals surface area contributed by atoms with Crippen LogP contribution in [-0.2, 0) is 24.4 Å². The molecule has 34 heavy (non-hydrogen) atoms. The molecule has 1 aromatic carbocycles. The molecule has 0 unspecified atom stereocenters. The molecular formula is C21H18F3N7O2S. The molecule has 3 heterocycles. The van der Waals surface area contributed by atoms with Crippen LogP contribution in [0.3, 0.4) is 0 Å². The van der Waals surface area contributed by atoms with Gasteiger partial charge < -0.3 is 9.80 Å². The first kappa shape index (κ1) is 23.2. The lowest BCUT2D eigenvalue weighted by atomic mass is 10.0. The minimum atomic E-state index is -4.60. The van der Waals surface area contributed by atoms with Crippen LogP contribution < -0.4 is 10.2 Å². The van der Waals surface area contributed by atoms with Gasteiger partial charge in [0.15, 0.2) is 5.13 Å². The van der Waals surface area contributed by atoms with E-state index in [1.54, 1.807) is 35.1 Å². The molecule has 4 rings (SSSR count). The zero-order valence-corrected chi connectivity index (χ0v) is 18.7. The summed E-state index contributed by atoms with van der Waals surface area (Å²) in [7, 11) is 1.74. The minimum absolute atomic E-state index is 0.00477. The number of benzene rings is 1. The highest BCUT2D eigenvalue weighted by atomic mass is 32.1. The number of hydrogen-bond donors (Lipinski definition) is 1. The Hall–Kier alpha value is -3.92. The van der Waals surface area contributed by atoms with Gasteiger partial charge in [-0.05, 0) is 17.7 Å². The Morgan fingerprint density at radius 3 is 2.74 bits per heavy atom. The molecule has 176 valence electrons. The molecular weight excluding hydrogens is 471 g/mol. The maximum Gasteiger partial charge on any atom is 0.416 e. The number of nitriles is 1. The highest BCUT2D eigenvalue weighted by Gasteiger charge is 2.34.